The average molecular weight is 261 g/mol. The summed E-state index contributed by atoms with van der Waals surface area (Å²) in [5.41, 5.74) is 19.2. The number of nitrogens with one attached hydrogen (secondary N) is 1. The van der Waals surface area contributed by atoms with E-state index in [2.05, 4.69) is 5.43 Å². The Labute approximate surface area is 109 Å². The molecule has 0 aliphatic heterocycles. The van der Waals surface area contributed by atoms with Gasteiger partial charge in [0.25, 0.3) is 0 Å². The van der Waals surface area contributed by atoms with Crippen molar-refractivity contribution in [2.24, 2.45) is 23.0 Å². The molecule has 9 N–H and O–H groups in total. The van der Waals surface area contributed by atoms with Crippen molar-refractivity contribution < 1.29 is 4.79 Å². The van der Waals surface area contributed by atoms with Gasteiger partial charge in [0.05, 0.1) is 0 Å². The lowest BCUT2D eigenvalue weighted by Gasteiger charge is -2.28. The molecule has 0 spiro atoms. The standard InChI is InChI=1S/C10H27N7O/c11-4-1-7-15-17(9-3-6-13)10(18)16(14)8-2-5-12/h15H,1-9,11-14H2. The van der Waals surface area contributed by atoms with Crippen molar-refractivity contribution in [1.29, 1.82) is 0 Å². The summed E-state index contributed by atoms with van der Waals surface area (Å²) in [6.07, 6.45) is 2.18. The second-order valence-corrected chi connectivity index (χ2v) is 3.96. The molecular weight excluding hydrogens is 234 g/mol. The summed E-state index contributed by atoms with van der Waals surface area (Å²) >= 11 is 0. The summed E-state index contributed by atoms with van der Waals surface area (Å²) in [7, 11) is 0. The van der Waals surface area contributed by atoms with Crippen LogP contribution in [0, 0.1) is 0 Å². The maximum Gasteiger partial charge on any atom is 0.348 e. The molecule has 108 valence electrons. The van der Waals surface area contributed by atoms with Crippen LogP contribution in [0.1, 0.15) is 19.3 Å². The second kappa shape index (κ2) is 11.2. The lowest BCUT2D eigenvalue weighted by atomic mass is 10.4. The summed E-state index contributed by atoms with van der Waals surface area (Å²) in [5.74, 6) is 5.67. The Kier molecular flexibility index (Phi) is 10.6. The Morgan fingerprint density at radius 3 is 2.06 bits per heavy atom. The van der Waals surface area contributed by atoms with Gasteiger partial charge in [-0.1, -0.05) is 0 Å². The third-order valence-electron chi connectivity index (χ3n) is 2.35. The molecule has 0 aromatic heterocycles. The Morgan fingerprint density at radius 2 is 1.50 bits per heavy atom. The van der Waals surface area contributed by atoms with E-state index >= 15 is 0 Å². The van der Waals surface area contributed by atoms with E-state index in [9.17, 15) is 4.79 Å². The summed E-state index contributed by atoms with van der Waals surface area (Å²) in [6.45, 7) is 3.20. The third-order valence-corrected chi connectivity index (χ3v) is 2.35. The highest BCUT2D eigenvalue weighted by molar-refractivity contribution is 5.73. The maximum absolute atomic E-state index is 12.0. The largest absolute Gasteiger partial charge is 0.348 e. The molecule has 0 unspecified atom stereocenters. The van der Waals surface area contributed by atoms with Crippen LogP contribution < -0.4 is 28.5 Å². The lowest BCUT2D eigenvalue weighted by molar-refractivity contribution is 0.128. The van der Waals surface area contributed by atoms with Crippen molar-refractivity contribution >= 4 is 6.03 Å². The number of urea groups is 1. The number of carbonyl (C=O) groups is 1. The Morgan fingerprint density at radius 1 is 0.944 bits per heavy atom. The van der Waals surface area contributed by atoms with E-state index in [1.807, 2.05) is 0 Å². The van der Waals surface area contributed by atoms with E-state index in [1.54, 1.807) is 0 Å². The quantitative estimate of drug-likeness (QED) is 0.135. The molecule has 18 heavy (non-hydrogen) atoms. The molecule has 0 aliphatic carbocycles. The number of hydrazine groups is 2. The van der Waals surface area contributed by atoms with Gasteiger partial charge in [-0.3, -0.25) is 10.0 Å². The molecule has 0 radical (unpaired) electrons. The van der Waals surface area contributed by atoms with Crippen LogP contribution in [-0.4, -0.2) is 55.3 Å². The van der Waals surface area contributed by atoms with E-state index in [4.69, 9.17) is 23.0 Å². The zero-order valence-corrected chi connectivity index (χ0v) is 11.0. The molecule has 0 heterocycles. The molecule has 2 amide bonds. The second-order valence-electron chi connectivity index (χ2n) is 3.96. The molecule has 0 rings (SSSR count). The predicted octanol–water partition coefficient (Wildman–Crippen LogP) is -1.86. The number of rotatable bonds is 10. The highest BCUT2D eigenvalue weighted by atomic mass is 16.2. The van der Waals surface area contributed by atoms with E-state index in [1.165, 1.54) is 10.0 Å². The highest BCUT2D eigenvalue weighted by Crippen LogP contribution is 1.95. The zero-order valence-electron chi connectivity index (χ0n) is 11.0. The first-order chi connectivity index (χ1) is 8.67. The van der Waals surface area contributed by atoms with Crippen LogP contribution in [0.5, 0.6) is 0 Å². The first-order valence-electron chi connectivity index (χ1n) is 6.34. The monoisotopic (exact) mass is 261 g/mol. The zero-order chi connectivity index (χ0) is 13.8. The smallest absolute Gasteiger partial charge is 0.330 e. The van der Waals surface area contributed by atoms with Gasteiger partial charge in [0, 0.05) is 19.6 Å². The molecule has 0 aromatic rings. The Hall–Kier alpha value is -0.930. The number of amides is 2. The predicted molar refractivity (Wildman–Crippen MR) is 72.0 cm³/mol. The van der Waals surface area contributed by atoms with Crippen molar-refractivity contribution in [3.05, 3.63) is 0 Å². The van der Waals surface area contributed by atoms with E-state index in [0.29, 0.717) is 52.1 Å². The topological polar surface area (TPSA) is 140 Å². The van der Waals surface area contributed by atoms with Gasteiger partial charge < -0.3 is 17.2 Å². The van der Waals surface area contributed by atoms with E-state index < -0.39 is 0 Å². The molecule has 0 saturated heterocycles. The Balaban J connectivity index is 4.19. The van der Waals surface area contributed by atoms with Gasteiger partial charge in [0.15, 0.2) is 0 Å². The molecule has 0 fully saturated rings. The highest BCUT2D eigenvalue weighted by Gasteiger charge is 2.17. The molecule has 0 bridgehead atoms. The van der Waals surface area contributed by atoms with Crippen molar-refractivity contribution in [1.82, 2.24) is 15.4 Å². The van der Waals surface area contributed by atoms with E-state index in [-0.39, 0.29) is 6.03 Å². The average Bonchev–Trinajstić information content (AvgIpc) is 2.39. The van der Waals surface area contributed by atoms with Gasteiger partial charge in [-0.15, -0.1) is 0 Å². The third kappa shape index (κ3) is 7.41. The molecular formula is C10H27N7O. The van der Waals surface area contributed by atoms with E-state index in [0.717, 1.165) is 6.42 Å². The summed E-state index contributed by atoms with van der Waals surface area (Å²) < 4.78 is 0. The van der Waals surface area contributed by atoms with Crippen LogP contribution in [0.25, 0.3) is 0 Å². The normalized spacial score (nSPS) is 10.4. The molecule has 0 aromatic carbocycles. The fraction of sp³-hybridized carbons (Fsp3) is 0.900. The lowest BCUT2D eigenvalue weighted by Crippen LogP contribution is -2.53. The fourth-order valence-corrected chi connectivity index (χ4v) is 1.32. The van der Waals surface area contributed by atoms with Gasteiger partial charge in [0.2, 0.25) is 0 Å². The number of hydrogen-bond donors (Lipinski definition) is 5. The molecule has 8 nitrogen and oxygen atoms in total. The van der Waals surface area contributed by atoms with Gasteiger partial charge in [-0.2, -0.15) is 0 Å². The van der Waals surface area contributed by atoms with Gasteiger partial charge in [-0.25, -0.2) is 16.1 Å². The van der Waals surface area contributed by atoms with Crippen LogP contribution in [0.2, 0.25) is 0 Å². The first-order valence-corrected chi connectivity index (χ1v) is 6.34. The summed E-state index contributed by atoms with van der Waals surface area (Å²) in [4.78, 5) is 12.0. The minimum Gasteiger partial charge on any atom is -0.330 e. The maximum atomic E-state index is 12.0. The summed E-state index contributed by atoms with van der Waals surface area (Å²) in [6, 6.07) is -0.270. The molecule has 0 aliphatic rings. The fourth-order valence-electron chi connectivity index (χ4n) is 1.32. The van der Waals surface area contributed by atoms with Gasteiger partial charge in [0.1, 0.15) is 0 Å². The number of carbonyl (C=O) groups excluding carboxylic acids is 1. The van der Waals surface area contributed by atoms with Crippen LogP contribution in [0.3, 0.4) is 0 Å². The molecule has 8 heteroatoms. The minimum absolute atomic E-state index is 0.270. The van der Waals surface area contributed by atoms with Crippen molar-refractivity contribution in [2.75, 3.05) is 39.3 Å². The van der Waals surface area contributed by atoms with Crippen LogP contribution in [-0.2, 0) is 0 Å². The van der Waals surface area contributed by atoms with Crippen molar-refractivity contribution in [3.8, 4) is 0 Å². The summed E-state index contributed by atoms with van der Waals surface area (Å²) in [5, 5.41) is 2.65. The van der Waals surface area contributed by atoms with Crippen LogP contribution in [0.4, 0.5) is 4.79 Å². The first kappa shape index (κ1) is 17.1. The number of nitrogens with two attached hydrogens (primary N) is 4. The van der Waals surface area contributed by atoms with Crippen molar-refractivity contribution in [2.45, 2.75) is 19.3 Å². The SMILES string of the molecule is NCCCNN(CCCN)C(=O)N(N)CCCN. The van der Waals surface area contributed by atoms with Crippen molar-refractivity contribution in [3.63, 3.8) is 0 Å². The molecule has 0 saturated carbocycles. The Bertz CT molecular complexity index is 214. The van der Waals surface area contributed by atoms with Crippen LogP contribution >= 0.6 is 0 Å². The number of hydrogen-bond acceptors (Lipinski definition) is 6. The minimum atomic E-state index is -0.270. The van der Waals surface area contributed by atoms with Gasteiger partial charge >= 0.3 is 6.03 Å². The molecule has 0 atom stereocenters. The van der Waals surface area contributed by atoms with Gasteiger partial charge in [-0.05, 0) is 38.9 Å². The number of nitrogens with zero attached hydrogens (tertiary/aromatic N) is 2. The van der Waals surface area contributed by atoms with Crippen LogP contribution in [0.15, 0.2) is 0 Å².